The van der Waals surface area contributed by atoms with Crippen LogP contribution in [0.3, 0.4) is 0 Å². The lowest BCUT2D eigenvalue weighted by Crippen LogP contribution is -2.20. The van der Waals surface area contributed by atoms with Crippen LogP contribution in [0, 0.1) is 0 Å². The normalized spacial score (nSPS) is 11.1. The molecule has 0 unspecified atom stereocenters. The van der Waals surface area contributed by atoms with Gasteiger partial charge in [0.15, 0.2) is 11.0 Å². The van der Waals surface area contributed by atoms with Crippen LogP contribution in [0.1, 0.15) is 5.56 Å². The van der Waals surface area contributed by atoms with Crippen molar-refractivity contribution in [2.45, 2.75) is 5.16 Å². The van der Waals surface area contributed by atoms with Crippen molar-refractivity contribution in [1.29, 1.82) is 0 Å². The van der Waals surface area contributed by atoms with Crippen LogP contribution in [0.5, 0.6) is 0 Å². The fourth-order valence-corrected chi connectivity index (χ4v) is 4.00. The van der Waals surface area contributed by atoms with E-state index in [0.717, 1.165) is 11.3 Å². The van der Waals surface area contributed by atoms with Crippen LogP contribution in [0.15, 0.2) is 89.1 Å². The summed E-state index contributed by atoms with van der Waals surface area (Å²) in [7, 11) is 0. The number of hydrazone groups is 1. The fourth-order valence-electron chi connectivity index (χ4n) is 2.90. The molecular formula is C23H17Cl2N5OS. The third-order valence-corrected chi connectivity index (χ3v) is 6.15. The van der Waals surface area contributed by atoms with E-state index in [9.17, 15) is 4.79 Å². The maximum absolute atomic E-state index is 12.3. The molecule has 0 aliphatic heterocycles. The molecule has 160 valence electrons. The molecule has 9 heteroatoms. The first-order chi connectivity index (χ1) is 15.6. The molecule has 1 amide bonds. The number of hydrogen-bond donors (Lipinski definition) is 1. The summed E-state index contributed by atoms with van der Waals surface area (Å²) in [5, 5.41) is 14.1. The minimum atomic E-state index is -0.284. The van der Waals surface area contributed by atoms with E-state index >= 15 is 0 Å². The van der Waals surface area contributed by atoms with Crippen LogP contribution in [-0.2, 0) is 4.79 Å². The molecule has 1 aromatic heterocycles. The van der Waals surface area contributed by atoms with E-state index in [1.54, 1.807) is 18.2 Å². The fraction of sp³-hybridized carbons (Fsp3) is 0.0435. The average Bonchev–Trinajstić information content (AvgIpc) is 3.25. The second-order valence-electron chi connectivity index (χ2n) is 6.57. The van der Waals surface area contributed by atoms with Crippen molar-refractivity contribution in [3.8, 4) is 17.1 Å². The number of nitrogens with zero attached hydrogens (tertiary/aromatic N) is 4. The van der Waals surface area contributed by atoms with Gasteiger partial charge in [0.25, 0.3) is 5.91 Å². The number of carbonyl (C=O) groups is 1. The standard InChI is InChI=1S/C23H17Cl2N5OS/c24-19-13-7-10-17(21(19)25)14-26-27-20(31)15-32-23-29-28-22(16-8-3-1-4-9-16)30(23)18-11-5-2-6-12-18/h1-14H,15H2,(H,27,31)/b26-14+. The number of rotatable bonds is 7. The second kappa shape index (κ2) is 10.5. The minimum absolute atomic E-state index is 0.111. The molecule has 3 aromatic carbocycles. The lowest BCUT2D eigenvalue weighted by molar-refractivity contribution is -0.118. The van der Waals surface area contributed by atoms with Crippen LogP contribution in [0.25, 0.3) is 17.1 Å². The monoisotopic (exact) mass is 481 g/mol. The summed E-state index contributed by atoms with van der Waals surface area (Å²) in [6.07, 6.45) is 1.46. The Morgan fingerprint density at radius 3 is 2.44 bits per heavy atom. The van der Waals surface area contributed by atoms with E-state index in [1.807, 2.05) is 65.2 Å². The molecule has 0 bridgehead atoms. The van der Waals surface area contributed by atoms with Gasteiger partial charge in [-0.2, -0.15) is 5.10 Å². The third-order valence-electron chi connectivity index (χ3n) is 4.39. The molecule has 0 spiro atoms. The molecule has 4 rings (SSSR count). The predicted octanol–water partition coefficient (Wildman–Crippen LogP) is 5.48. The third kappa shape index (κ3) is 5.19. The second-order valence-corrected chi connectivity index (χ2v) is 8.30. The molecule has 0 saturated carbocycles. The van der Waals surface area contributed by atoms with Gasteiger partial charge >= 0.3 is 0 Å². The Labute approximate surface area is 199 Å². The maximum Gasteiger partial charge on any atom is 0.250 e. The summed E-state index contributed by atoms with van der Waals surface area (Å²) in [4.78, 5) is 12.3. The lowest BCUT2D eigenvalue weighted by Gasteiger charge is -2.10. The van der Waals surface area contributed by atoms with Crippen LogP contribution >= 0.6 is 35.0 Å². The van der Waals surface area contributed by atoms with E-state index in [2.05, 4.69) is 20.7 Å². The number of aromatic nitrogens is 3. The van der Waals surface area contributed by atoms with Crippen LogP contribution < -0.4 is 5.43 Å². The van der Waals surface area contributed by atoms with Gasteiger partial charge in [-0.05, 0) is 18.2 Å². The van der Waals surface area contributed by atoms with Gasteiger partial charge in [-0.15, -0.1) is 10.2 Å². The Kier molecular flexibility index (Phi) is 7.21. The highest BCUT2D eigenvalue weighted by Crippen LogP contribution is 2.28. The summed E-state index contributed by atoms with van der Waals surface area (Å²) in [6.45, 7) is 0. The average molecular weight is 482 g/mol. The first-order valence-electron chi connectivity index (χ1n) is 9.58. The Morgan fingerprint density at radius 1 is 0.969 bits per heavy atom. The molecule has 0 saturated heterocycles. The topological polar surface area (TPSA) is 72.2 Å². The first kappa shape index (κ1) is 22.1. The Bertz CT molecular complexity index is 1250. The Morgan fingerprint density at radius 2 is 1.69 bits per heavy atom. The zero-order valence-electron chi connectivity index (χ0n) is 16.7. The Hall–Kier alpha value is -3.13. The van der Waals surface area contributed by atoms with Crippen molar-refractivity contribution >= 4 is 47.1 Å². The van der Waals surface area contributed by atoms with Gasteiger partial charge < -0.3 is 0 Å². The molecule has 4 aromatic rings. The number of carbonyl (C=O) groups excluding carboxylic acids is 1. The van der Waals surface area contributed by atoms with Gasteiger partial charge in [-0.1, -0.05) is 95.6 Å². The zero-order chi connectivity index (χ0) is 22.3. The molecule has 0 atom stereocenters. The van der Waals surface area contributed by atoms with Crippen LogP contribution in [0.4, 0.5) is 0 Å². The summed E-state index contributed by atoms with van der Waals surface area (Å²) in [5.41, 5.74) is 4.95. The molecular weight excluding hydrogens is 465 g/mol. The number of amides is 1. The minimum Gasteiger partial charge on any atom is -0.272 e. The van der Waals surface area contributed by atoms with E-state index in [0.29, 0.717) is 26.6 Å². The highest BCUT2D eigenvalue weighted by Gasteiger charge is 2.17. The van der Waals surface area contributed by atoms with Gasteiger partial charge in [-0.3, -0.25) is 9.36 Å². The van der Waals surface area contributed by atoms with Crippen LogP contribution in [-0.4, -0.2) is 32.6 Å². The summed E-state index contributed by atoms with van der Waals surface area (Å²) in [6, 6.07) is 24.8. The van der Waals surface area contributed by atoms with E-state index < -0.39 is 0 Å². The quantitative estimate of drug-likeness (QED) is 0.215. The van der Waals surface area contributed by atoms with Gasteiger partial charge in [0, 0.05) is 16.8 Å². The smallest absolute Gasteiger partial charge is 0.250 e. The molecule has 0 fully saturated rings. The molecule has 1 heterocycles. The summed E-state index contributed by atoms with van der Waals surface area (Å²) < 4.78 is 1.93. The molecule has 6 nitrogen and oxygen atoms in total. The SMILES string of the molecule is O=C(CSc1nnc(-c2ccccc2)n1-c1ccccc1)N/N=C/c1cccc(Cl)c1Cl. The van der Waals surface area contributed by atoms with Crippen molar-refractivity contribution in [3.63, 3.8) is 0 Å². The predicted molar refractivity (Wildman–Crippen MR) is 130 cm³/mol. The molecule has 0 radical (unpaired) electrons. The van der Waals surface area contributed by atoms with Crippen molar-refractivity contribution in [3.05, 3.63) is 94.5 Å². The molecule has 0 aliphatic carbocycles. The number of hydrogen-bond acceptors (Lipinski definition) is 5. The first-order valence-corrected chi connectivity index (χ1v) is 11.3. The van der Waals surface area contributed by atoms with Crippen LogP contribution in [0.2, 0.25) is 10.0 Å². The van der Waals surface area contributed by atoms with Crippen molar-refractivity contribution in [2.24, 2.45) is 5.10 Å². The van der Waals surface area contributed by atoms with Gasteiger partial charge in [0.2, 0.25) is 0 Å². The maximum atomic E-state index is 12.3. The largest absolute Gasteiger partial charge is 0.272 e. The molecule has 32 heavy (non-hydrogen) atoms. The van der Waals surface area contributed by atoms with Crippen molar-refractivity contribution in [1.82, 2.24) is 20.2 Å². The highest BCUT2D eigenvalue weighted by atomic mass is 35.5. The summed E-state index contributed by atoms with van der Waals surface area (Å²) >= 11 is 13.4. The number of thioether (sulfide) groups is 1. The van der Waals surface area contributed by atoms with Gasteiger partial charge in [0.05, 0.1) is 22.0 Å². The summed E-state index contributed by atoms with van der Waals surface area (Å²) in [5.74, 6) is 0.530. The molecule has 1 N–H and O–H groups in total. The molecule has 0 aliphatic rings. The van der Waals surface area contributed by atoms with Crippen molar-refractivity contribution < 1.29 is 4.79 Å². The van der Waals surface area contributed by atoms with Gasteiger partial charge in [0.1, 0.15) is 0 Å². The van der Waals surface area contributed by atoms with E-state index in [1.165, 1.54) is 18.0 Å². The number of halogens is 2. The van der Waals surface area contributed by atoms with E-state index in [-0.39, 0.29) is 11.7 Å². The lowest BCUT2D eigenvalue weighted by atomic mass is 10.2. The van der Waals surface area contributed by atoms with Crippen molar-refractivity contribution in [2.75, 3.05) is 5.75 Å². The highest BCUT2D eigenvalue weighted by molar-refractivity contribution is 7.99. The van der Waals surface area contributed by atoms with Gasteiger partial charge in [-0.25, -0.2) is 5.43 Å². The Balaban J connectivity index is 1.48. The number of benzene rings is 3. The zero-order valence-corrected chi connectivity index (χ0v) is 19.0. The van der Waals surface area contributed by atoms with E-state index in [4.69, 9.17) is 23.2 Å². The number of para-hydroxylation sites is 1. The number of nitrogens with one attached hydrogen (secondary N) is 1.